The van der Waals surface area contributed by atoms with Gasteiger partial charge in [-0.2, -0.15) is 0 Å². The number of rotatable bonds is 2. The second-order valence-electron chi connectivity index (χ2n) is 1.81. The number of thiophene rings is 1. The van der Waals surface area contributed by atoms with Crippen molar-refractivity contribution in [2.24, 2.45) is 9.98 Å². The van der Waals surface area contributed by atoms with E-state index in [2.05, 4.69) is 16.7 Å². The maximum Gasteiger partial charge on any atom is 0.142 e. The quantitative estimate of drug-likeness (QED) is 0.635. The molecule has 1 heterocycles. The molecule has 0 amide bonds. The number of nitrogens with zero attached hydrogens (tertiary/aromatic N) is 2. The van der Waals surface area contributed by atoms with Crippen LogP contribution in [0.25, 0.3) is 0 Å². The van der Waals surface area contributed by atoms with Crippen molar-refractivity contribution < 1.29 is 0 Å². The van der Waals surface area contributed by atoms with Crippen LogP contribution in [0.4, 0.5) is 5.69 Å². The molecule has 11 heavy (non-hydrogen) atoms. The van der Waals surface area contributed by atoms with E-state index >= 15 is 0 Å². The third-order valence-corrected chi connectivity index (χ3v) is 2.58. The highest BCUT2D eigenvalue weighted by molar-refractivity contribution is 7.14. The highest BCUT2D eigenvalue weighted by Gasteiger charge is 2.05. The first-order valence-electron chi connectivity index (χ1n) is 2.96. The summed E-state index contributed by atoms with van der Waals surface area (Å²) in [7, 11) is 1.65. The van der Waals surface area contributed by atoms with E-state index in [0.717, 1.165) is 10.6 Å². The van der Waals surface area contributed by atoms with Crippen molar-refractivity contribution in [3.05, 3.63) is 16.3 Å². The fourth-order valence-electron chi connectivity index (χ4n) is 0.683. The van der Waals surface area contributed by atoms with Crippen LogP contribution >= 0.6 is 22.9 Å². The minimum absolute atomic E-state index is 0.488. The van der Waals surface area contributed by atoms with Crippen molar-refractivity contribution >= 4 is 40.5 Å². The summed E-state index contributed by atoms with van der Waals surface area (Å²) in [5.41, 5.74) is 0.797. The fourth-order valence-corrected chi connectivity index (χ4v) is 1.69. The average Bonchev–Trinajstić information content (AvgIpc) is 2.50. The van der Waals surface area contributed by atoms with E-state index in [1.54, 1.807) is 7.05 Å². The molecule has 1 aromatic rings. The third kappa shape index (κ3) is 1.67. The molecule has 1 rings (SSSR count). The Bertz CT molecular complexity index is 290. The van der Waals surface area contributed by atoms with Gasteiger partial charge in [-0.15, -0.1) is 11.3 Å². The predicted octanol–water partition coefficient (Wildman–Crippen LogP) is 2.70. The molecule has 0 aliphatic heterocycles. The van der Waals surface area contributed by atoms with Gasteiger partial charge < -0.3 is 0 Å². The van der Waals surface area contributed by atoms with Crippen LogP contribution in [0.3, 0.4) is 0 Å². The van der Waals surface area contributed by atoms with Gasteiger partial charge in [0.25, 0.3) is 0 Å². The van der Waals surface area contributed by atoms with Crippen LogP contribution in [0.5, 0.6) is 0 Å². The van der Waals surface area contributed by atoms with Crippen LogP contribution in [-0.2, 0) is 0 Å². The number of hydrogen-bond donors (Lipinski definition) is 0. The van der Waals surface area contributed by atoms with Gasteiger partial charge in [-0.3, -0.25) is 9.98 Å². The van der Waals surface area contributed by atoms with Crippen LogP contribution in [0.2, 0.25) is 0 Å². The third-order valence-electron chi connectivity index (χ3n) is 1.20. The second kappa shape index (κ2) is 3.64. The zero-order valence-corrected chi connectivity index (χ0v) is 7.61. The van der Waals surface area contributed by atoms with Crippen molar-refractivity contribution in [1.82, 2.24) is 0 Å². The van der Waals surface area contributed by atoms with Crippen molar-refractivity contribution in [3.8, 4) is 0 Å². The van der Waals surface area contributed by atoms with Crippen LogP contribution in [0.1, 0.15) is 4.88 Å². The van der Waals surface area contributed by atoms with Crippen molar-refractivity contribution in [2.45, 2.75) is 0 Å². The molecule has 0 radical (unpaired) electrons. The Morgan fingerprint density at radius 3 is 3.00 bits per heavy atom. The fraction of sp³-hybridized carbons (Fsp3) is 0.143. The van der Waals surface area contributed by atoms with Gasteiger partial charge >= 0.3 is 0 Å². The molecule has 0 spiro atoms. The smallest absolute Gasteiger partial charge is 0.142 e. The first-order chi connectivity index (χ1) is 5.29. The molecule has 0 fully saturated rings. The summed E-state index contributed by atoms with van der Waals surface area (Å²) in [4.78, 5) is 8.52. The molecule has 1 aromatic heterocycles. The van der Waals surface area contributed by atoms with E-state index in [4.69, 9.17) is 11.6 Å². The van der Waals surface area contributed by atoms with Gasteiger partial charge in [0.15, 0.2) is 0 Å². The summed E-state index contributed by atoms with van der Waals surface area (Å²) in [6.45, 7) is 3.42. The van der Waals surface area contributed by atoms with Crippen LogP contribution in [0.15, 0.2) is 21.4 Å². The van der Waals surface area contributed by atoms with Crippen LogP contribution in [0, 0.1) is 0 Å². The molecule has 58 valence electrons. The number of aliphatic imine (C=N–C) groups is 2. The molecule has 0 unspecified atom stereocenters. The molecule has 0 saturated heterocycles. The first kappa shape index (κ1) is 8.43. The molecule has 0 N–H and O–H groups in total. The summed E-state index contributed by atoms with van der Waals surface area (Å²) < 4.78 is 0. The summed E-state index contributed by atoms with van der Waals surface area (Å²) >= 11 is 7.30. The van der Waals surface area contributed by atoms with E-state index in [9.17, 15) is 0 Å². The topological polar surface area (TPSA) is 24.7 Å². The van der Waals surface area contributed by atoms with Gasteiger partial charge in [0, 0.05) is 7.05 Å². The lowest BCUT2D eigenvalue weighted by molar-refractivity contribution is 1.46. The summed E-state index contributed by atoms with van der Waals surface area (Å²) in [6.07, 6.45) is 0. The van der Waals surface area contributed by atoms with Gasteiger partial charge in [-0.25, -0.2) is 0 Å². The standard InChI is InChI=1S/C7H7ClN2S/c1-9-5-3-4-11-6(5)7(8)10-2/h3-4H,1H2,2H3. The SMILES string of the molecule is C=Nc1ccsc1C(Cl)=NC. The van der Waals surface area contributed by atoms with E-state index < -0.39 is 0 Å². The minimum atomic E-state index is 0.488. The molecule has 0 atom stereocenters. The second-order valence-corrected chi connectivity index (χ2v) is 3.08. The average molecular weight is 187 g/mol. The lowest BCUT2D eigenvalue weighted by Crippen LogP contribution is -1.84. The van der Waals surface area contributed by atoms with Crippen LogP contribution in [-0.4, -0.2) is 18.9 Å². The molecule has 4 heteroatoms. The Kier molecular flexibility index (Phi) is 2.79. The van der Waals surface area contributed by atoms with E-state index in [-0.39, 0.29) is 0 Å². The monoisotopic (exact) mass is 186 g/mol. The lowest BCUT2D eigenvalue weighted by atomic mass is 10.4. The molecule has 0 aromatic carbocycles. The number of halogens is 1. The highest BCUT2D eigenvalue weighted by Crippen LogP contribution is 2.26. The normalized spacial score (nSPS) is 11.6. The van der Waals surface area contributed by atoms with Gasteiger partial charge in [0.05, 0.1) is 10.6 Å². The summed E-state index contributed by atoms with van der Waals surface area (Å²) in [6, 6.07) is 1.86. The summed E-state index contributed by atoms with van der Waals surface area (Å²) in [5.74, 6) is 0. The molecule has 0 aliphatic rings. The minimum Gasteiger partial charge on any atom is -0.275 e. The zero-order valence-electron chi connectivity index (χ0n) is 6.04. The Morgan fingerprint density at radius 1 is 1.73 bits per heavy atom. The molecule has 0 bridgehead atoms. The molecular formula is C7H7ClN2S. The van der Waals surface area contributed by atoms with Gasteiger partial charge in [-0.1, -0.05) is 11.6 Å². The maximum atomic E-state index is 5.79. The van der Waals surface area contributed by atoms with Gasteiger partial charge in [-0.05, 0) is 18.2 Å². The highest BCUT2D eigenvalue weighted by atomic mass is 35.5. The first-order valence-corrected chi connectivity index (χ1v) is 4.22. The van der Waals surface area contributed by atoms with E-state index in [0.29, 0.717) is 5.17 Å². The van der Waals surface area contributed by atoms with Crippen LogP contribution < -0.4 is 0 Å². The summed E-state index contributed by atoms with van der Waals surface area (Å²) in [5, 5.41) is 2.40. The van der Waals surface area contributed by atoms with Gasteiger partial charge in [0.2, 0.25) is 0 Å². The molecule has 0 saturated carbocycles. The van der Waals surface area contributed by atoms with Crippen molar-refractivity contribution in [3.63, 3.8) is 0 Å². The molecule has 0 aliphatic carbocycles. The maximum absolute atomic E-state index is 5.79. The Balaban J connectivity index is 3.12. The largest absolute Gasteiger partial charge is 0.275 e. The lowest BCUT2D eigenvalue weighted by Gasteiger charge is -1.92. The molecule has 2 nitrogen and oxygen atoms in total. The predicted molar refractivity (Wildman–Crippen MR) is 51.8 cm³/mol. The Morgan fingerprint density at radius 2 is 2.45 bits per heavy atom. The van der Waals surface area contributed by atoms with Crippen molar-refractivity contribution in [1.29, 1.82) is 0 Å². The van der Waals surface area contributed by atoms with Gasteiger partial charge in [0.1, 0.15) is 5.17 Å². The zero-order chi connectivity index (χ0) is 8.27. The van der Waals surface area contributed by atoms with E-state index in [1.165, 1.54) is 11.3 Å². The Labute approximate surface area is 74.3 Å². The number of hydrogen-bond acceptors (Lipinski definition) is 3. The Hall–Kier alpha value is -0.670. The van der Waals surface area contributed by atoms with E-state index in [1.807, 2.05) is 11.4 Å². The van der Waals surface area contributed by atoms with Crippen molar-refractivity contribution in [2.75, 3.05) is 7.05 Å². The molecular weight excluding hydrogens is 180 g/mol.